The molecule has 2 fully saturated rings. The maximum absolute atomic E-state index is 12.6. The lowest BCUT2D eigenvalue weighted by atomic mass is 10.1. The van der Waals surface area contributed by atoms with Gasteiger partial charge in [0.05, 0.1) is 17.2 Å². The van der Waals surface area contributed by atoms with Gasteiger partial charge in [0.1, 0.15) is 4.21 Å². The van der Waals surface area contributed by atoms with Crippen molar-refractivity contribution < 1.29 is 22.8 Å². The summed E-state index contributed by atoms with van der Waals surface area (Å²) in [5.74, 6) is -1.68. The Balaban J connectivity index is 1.39. The maximum atomic E-state index is 12.6. The number of hydrogen-bond donors (Lipinski definition) is 3. The van der Waals surface area contributed by atoms with E-state index in [0.29, 0.717) is 6.54 Å². The van der Waals surface area contributed by atoms with Crippen molar-refractivity contribution in [3.63, 3.8) is 0 Å². The molecule has 30 heavy (non-hydrogen) atoms. The average Bonchev–Trinajstić information content (AvgIpc) is 3.24. The van der Waals surface area contributed by atoms with Gasteiger partial charge in [0.15, 0.2) is 0 Å². The molecule has 2 heterocycles. The maximum Gasteiger partial charge on any atom is 0.271 e. The number of sulfonamides is 1. The molecule has 11 heteroatoms. The summed E-state index contributed by atoms with van der Waals surface area (Å²) < 4.78 is 27.4. The molecule has 1 atom stereocenters. The molecule has 0 bridgehead atoms. The molecule has 1 aromatic heterocycles. The lowest BCUT2D eigenvalue weighted by molar-refractivity contribution is -0.129. The average molecular weight is 449 g/mol. The predicted octanol–water partition coefficient (Wildman–Crippen LogP) is 1.32. The Labute approximate surface area is 177 Å². The number of carbonyl (C=O) groups excluding carboxylic acids is 3. The second kappa shape index (κ2) is 8.07. The highest BCUT2D eigenvalue weighted by atomic mass is 32.2. The number of hydrazine groups is 1. The van der Waals surface area contributed by atoms with E-state index in [-0.39, 0.29) is 33.8 Å². The van der Waals surface area contributed by atoms with E-state index in [1.165, 1.54) is 18.2 Å². The first kappa shape index (κ1) is 20.4. The van der Waals surface area contributed by atoms with Crippen LogP contribution in [0, 0.1) is 5.92 Å². The summed E-state index contributed by atoms with van der Waals surface area (Å²) in [6.45, 7) is 0.350. The summed E-state index contributed by atoms with van der Waals surface area (Å²) >= 11 is 1.06. The van der Waals surface area contributed by atoms with Crippen LogP contribution in [-0.4, -0.2) is 43.6 Å². The number of likely N-dealkylation sites (tertiary alicyclic amines) is 1. The molecule has 0 unspecified atom stereocenters. The minimum Gasteiger partial charge on any atom is -0.339 e. The van der Waals surface area contributed by atoms with Gasteiger partial charge in [-0.3, -0.25) is 30.0 Å². The first-order valence-electron chi connectivity index (χ1n) is 9.40. The Morgan fingerprint density at radius 1 is 1.07 bits per heavy atom. The van der Waals surface area contributed by atoms with Gasteiger partial charge in [-0.15, -0.1) is 11.3 Å². The van der Waals surface area contributed by atoms with E-state index in [4.69, 9.17) is 0 Å². The van der Waals surface area contributed by atoms with Crippen molar-refractivity contribution in [2.24, 2.45) is 5.92 Å². The van der Waals surface area contributed by atoms with Crippen LogP contribution in [0.5, 0.6) is 0 Å². The van der Waals surface area contributed by atoms with Gasteiger partial charge in [-0.1, -0.05) is 18.2 Å². The minimum atomic E-state index is -3.83. The van der Waals surface area contributed by atoms with Crippen molar-refractivity contribution in [3.8, 4) is 0 Å². The van der Waals surface area contributed by atoms with Crippen LogP contribution in [0.4, 0.5) is 5.69 Å². The summed E-state index contributed by atoms with van der Waals surface area (Å²) in [6.07, 6.45) is 2.05. The number of nitrogens with zero attached hydrogens (tertiary/aromatic N) is 1. The fraction of sp³-hybridized carbons (Fsp3) is 0.316. The normalized spacial score (nSPS) is 18.9. The topological polar surface area (TPSA) is 125 Å². The highest BCUT2D eigenvalue weighted by Crippen LogP contribution is 2.32. The van der Waals surface area contributed by atoms with Gasteiger partial charge in [0.2, 0.25) is 11.8 Å². The third-order valence-electron chi connectivity index (χ3n) is 4.99. The molecule has 0 radical (unpaired) electrons. The van der Waals surface area contributed by atoms with Gasteiger partial charge in [0, 0.05) is 19.0 Å². The molecule has 3 amide bonds. The van der Waals surface area contributed by atoms with Crippen LogP contribution in [0.25, 0.3) is 0 Å². The van der Waals surface area contributed by atoms with Crippen molar-refractivity contribution in [3.05, 3.63) is 47.3 Å². The van der Waals surface area contributed by atoms with E-state index in [2.05, 4.69) is 15.6 Å². The standard InChI is InChI=1S/C19H20N4O5S2/c24-16-10-12(11-23(16)13-7-8-13)18(25)20-21-19(26)14-4-1-2-5-15(14)22-30(27,28)17-6-3-9-29-17/h1-6,9,12-13,22H,7-8,10-11H2,(H,20,25)(H,21,26)/t12-/m0/s1. The van der Waals surface area contributed by atoms with E-state index in [0.717, 1.165) is 24.2 Å². The Morgan fingerprint density at radius 3 is 2.53 bits per heavy atom. The minimum absolute atomic E-state index is 0.0442. The molecule has 2 aliphatic rings. The number of carbonyl (C=O) groups is 3. The highest BCUT2D eigenvalue weighted by Gasteiger charge is 2.41. The highest BCUT2D eigenvalue weighted by molar-refractivity contribution is 7.94. The number of rotatable bonds is 6. The fourth-order valence-corrected chi connectivity index (χ4v) is 5.39. The molecule has 1 aromatic carbocycles. The first-order chi connectivity index (χ1) is 14.3. The second-order valence-corrected chi connectivity index (χ2v) is 10.1. The van der Waals surface area contributed by atoms with Crippen molar-refractivity contribution in [1.82, 2.24) is 15.8 Å². The van der Waals surface area contributed by atoms with Gasteiger partial charge in [0.25, 0.3) is 15.9 Å². The molecule has 3 N–H and O–H groups in total. The summed E-state index contributed by atoms with van der Waals surface area (Å²) in [6, 6.07) is 9.41. The van der Waals surface area contributed by atoms with Crippen LogP contribution in [0.1, 0.15) is 29.6 Å². The molecule has 158 valence electrons. The summed E-state index contributed by atoms with van der Waals surface area (Å²) in [5, 5.41) is 1.64. The zero-order valence-electron chi connectivity index (χ0n) is 15.8. The number of amides is 3. The smallest absolute Gasteiger partial charge is 0.271 e. The van der Waals surface area contributed by atoms with Gasteiger partial charge in [-0.05, 0) is 36.4 Å². The van der Waals surface area contributed by atoms with E-state index in [1.54, 1.807) is 28.5 Å². The van der Waals surface area contributed by atoms with Gasteiger partial charge in [-0.25, -0.2) is 8.42 Å². The number of nitrogens with one attached hydrogen (secondary N) is 3. The lowest BCUT2D eigenvalue weighted by Crippen LogP contribution is -2.45. The quantitative estimate of drug-likeness (QED) is 0.575. The Kier molecular flexibility index (Phi) is 5.48. The molecule has 1 saturated carbocycles. The van der Waals surface area contributed by atoms with Crippen LogP contribution in [0.15, 0.2) is 46.0 Å². The molecule has 4 rings (SSSR count). The lowest BCUT2D eigenvalue weighted by Gasteiger charge is -2.16. The number of hydrogen-bond acceptors (Lipinski definition) is 6. The summed E-state index contributed by atoms with van der Waals surface area (Å²) in [5.41, 5.74) is 4.81. The van der Waals surface area contributed by atoms with Gasteiger partial charge in [-0.2, -0.15) is 0 Å². The Hall–Kier alpha value is -2.92. The SMILES string of the molecule is O=C(NNC(=O)[C@H]1CC(=O)N(C2CC2)C1)c1ccccc1NS(=O)(=O)c1cccs1. The molecule has 9 nitrogen and oxygen atoms in total. The number of anilines is 1. The molecule has 2 aromatic rings. The number of benzene rings is 1. The fourth-order valence-electron chi connectivity index (χ4n) is 3.32. The summed E-state index contributed by atoms with van der Waals surface area (Å²) in [7, 11) is -3.83. The molecular formula is C19H20N4O5S2. The van der Waals surface area contributed by atoms with Crippen LogP contribution in [0.3, 0.4) is 0 Å². The van der Waals surface area contributed by atoms with E-state index < -0.39 is 27.8 Å². The van der Waals surface area contributed by atoms with E-state index in [9.17, 15) is 22.8 Å². The molecule has 1 aliphatic heterocycles. The number of para-hydroxylation sites is 1. The third-order valence-corrected chi connectivity index (χ3v) is 7.76. The van der Waals surface area contributed by atoms with E-state index >= 15 is 0 Å². The zero-order chi connectivity index (χ0) is 21.3. The van der Waals surface area contributed by atoms with Crippen LogP contribution < -0.4 is 15.6 Å². The summed E-state index contributed by atoms with van der Waals surface area (Å²) in [4.78, 5) is 38.7. The molecule has 1 saturated heterocycles. The second-order valence-electron chi connectivity index (χ2n) is 7.20. The first-order valence-corrected chi connectivity index (χ1v) is 11.8. The largest absolute Gasteiger partial charge is 0.339 e. The van der Waals surface area contributed by atoms with Crippen molar-refractivity contribution >= 4 is 44.8 Å². The van der Waals surface area contributed by atoms with Gasteiger partial charge < -0.3 is 4.90 Å². The Bertz CT molecular complexity index is 1080. The number of thiophene rings is 1. The zero-order valence-corrected chi connectivity index (χ0v) is 17.5. The monoisotopic (exact) mass is 448 g/mol. The van der Waals surface area contributed by atoms with Crippen molar-refractivity contribution in [1.29, 1.82) is 0 Å². The molecule has 1 aliphatic carbocycles. The van der Waals surface area contributed by atoms with Gasteiger partial charge >= 0.3 is 0 Å². The van der Waals surface area contributed by atoms with Crippen LogP contribution >= 0.6 is 11.3 Å². The predicted molar refractivity (Wildman–Crippen MR) is 110 cm³/mol. The van der Waals surface area contributed by atoms with Crippen LogP contribution in [0.2, 0.25) is 0 Å². The third kappa shape index (κ3) is 4.31. The molecular weight excluding hydrogens is 428 g/mol. The van der Waals surface area contributed by atoms with Crippen molar-refractivity contribution in [2.75, 3.05) is 11.3 Å². The van der Waals surface area contributed by atoms with E-state index in [1.807, 2.05) is 0 Å². The van der Waals surface area contributed by atoms with Crippen molar-refractivity contribution in [2.45, 2.75) is 29.5 Å². The van der Waals surface area contributed by atoms with Crippen LogP contribution in [-0.2, 0) is 19.6 Å². The molecule has 0 spiro atoms. The Morgan fingerprint density at radius 2 is 1.83 bits per heavy atom.